The second-order valence-electron chi connectivity index (χ2n) is 7.97. The molecule has 3 heteroatoms. The van der Waals surface area contributed by atoms with Crippen molar-refractivity contribution < 1.29 is 0 Å². The molecule has 0 amide bonds. The number of nitrogens with one attached hydrogen (secondary N) is 2. The molecule has 3 nitrogen and oxygen atoms in total. The predicted molar refractivity (Wildman–Crippen MR) is 91.7 cm³/mol. The third-order valence-corrected chi connectivity index (χ3v) is 7.30. The topological polar surface area (TPSA) is 27.3 Å². The van der Waals surface area contributed by atoms with Gasteiger partial charge in [0, 0.05) is 17.9 Å². The fraction of sp³-hybridized carbons (Fsp3) is 0.789. The van der Waals surface area contributed by atoms with Crippen molar-refractivity contribution in [3.8, 4) is 0 Å². The smallest absolute Gasteiger partial charge is 0.0915 e. The molecule has 1 heterocycles. The van der Waals surface area contributed by atoms with Gasteiger partial charge < -0.3 is 4.90 Å². The zero-order valence-corrected chi connectivity index (χ0v) is 14.4. The van der Waals surface area contributed by atoms with E-state index < -0.39 is 0 Å². The van der Waals surface area contributed by atoms with Gasteiger partial charge in [-0.1, -0.05) is 18.9 Å². The number of hydrogen-bond donors (Lipinski definition) is 2. The van der Waals surface area contributed by atoms with E-state index in [2.05, 4.69) is 48.8 Å². The second-order valence-corrected chi connectivity index (χ2v) is 7.97. The maximum atomic E-state index is 3.53. The maximum absolute atomic E-state index is 3.53. The molecule has 0 unspecified atom stereocenters. The molecular formula is C19H31N3. The molecule has 3 aliphatic carbocycles. The number of allylic oxidation sites excluding steroid dienone is 1. The average Bonchev–Trinajstić information content (AvgIpc) is 2.58. The molecule has 0 radical (unpaired) electrons. The molecule has 0 aromatic rings. The van der Waals surface area contributed by atoms with Gasteiger partial charge in [-0.05, 0) is 76.5 Å². The van der Waals surface area contributed by atoms with Crippen LogP contribution in [0.2, 0.25) is 0 Å². The van der Waals surface area contributed by atoms with Crippen LogP contribution >= 0.6 is 0 Å². The summed E-state index contributed by atoms with van der Waals surface area (Å²) in [6, 6.07) is 0.786. The molecule has 2 N–H and O–H groups in total. The summed E-state index contributed by atoms with van der Waals surface area (Å²) in [6.45, 7) is 1.28. The van der Waals surface area contributed by atoms with Crippen LogP contribution in [-0.2, 0) is 0 Å². The summed E-state index contributed by atoms with van der Waals surface area (Å²) < 4.78 is 0. The molecular weight excluding hydrogens is 270 g/mol. The quantitative estimate of drug-likeness (QED) is 0.768. The average molecular weight is 301 g/mol. The third kappa shape index (κ3) is 1.92. The van der Waals surface area contributed by atoms with Gasteiger partial charge in [-0.2, -0.15) is 0 Å². The first-order valence-electron chi connectivity index (χ1n) is 9.15. The molecule has 2 bridgehead atoms. The Morgan fingerprint density at radius 2 is 2.00 bits per heavy atom. The second kappa shape index (κ2) is 5.19. The molecule has 3 atom stereocenters. The van der Waals surface area contributed by atoms with Gasteiger partial charge >= 0.3 is 0 Å². The fourth-order valence-corrected chi connectivity index (χ4v) is 5.90. The Labute approximate surface area is 135 Å². The van der Waals surface area contributed by atoms with Crippen molar-refractivity contribution >= 4 is 0 Å². The van der Waals surface area contributed by atoms with Crippen LogP contribution in [0.1, 0.15) is 44.9 Å². The van der Waals surface area contributed by atoms with Gasteiger partial charge in [0.05, 0.1) is 5.66 Å². The van der Waals surface area contributed by atoms with E-state index in [1.165, 1.54) is 45.1 Å². The number of fused-ring (bicyclic) bond motifs is 1. The molecule has 22 heavy (non-hydrogen) atoms. The van der Waals surface area contributed by atoms with Crippen molar-refractivity contribution in [3.05, 3.63) is 23.3 Å². The highest BCUT2D eigenvalue weighted by atomic mass is 15.2. The van der Waals surface area contributed by atoms with E-state index in [4.69, 9.17) is 0 Å². The van der Waals surface area contributed by atoms with Gasteiger partial charge in [-0.3, -0.25) is 10.6 Å². The molecule has 0 spiro atoms. The molecule has 1 aliphatic heterocycles. The Morgan fingerprint density at radius 3 is 2.77 bits per heavy atom. The first-order chi connectivity index (χ1) is 10.6. The molecule has 4 rings (SSSR count). The summed E-state index contributed by atoms with van der Waals surface area (Å²) in [4.78, 5) is 2.66. The van der Waals surface area contributed by atoms with E-state index in [0.717, 1.165) is 18.4 Å². The maximum Gasteiger partial charge on any atom is 0.0915 e. The fourth-order valence-electron chi connectivity index (χ4n) is 5.90. The van der Waals surface area contributed by atoms with Crippen molar-refractivity contribution in [2.45, 2.75) is 56.7 Å². The molecule has 1 saturated heterocycles. The Bertz CT molecular complexity index is 517. The van der Waals surface area contributed by atoms with Crippen LogP contribution in [0.4, 0.5) is 0 Å². The van der Waals surface area contributed by atoms with Crippen molar-refractivity contribution in [3.63, 3.8) is 0 Å². The lowest BCUT2D eigenvalue weighted by Gasteiger charge is -2.60. The Morgan fingerprint density at radius 1 is 1.18 bits per heavy atom. The standard InChI is InChI=1S/C19H31N3/c1-20-19(21-2)9-7-14-12-17-15-6-4-5-8-18(15,16(14)13-19)10-11-22(17)3/h7,13,15,17,20-21H,4-6,8-12H2,1-3H3/t15-,17+,18+/m0/s1. The zero-order valence-electron chi connectivity index (χ0n) is 14.4. The molecule has 2 saturated carbocycles. The first kappa shape index (κ1) is 14.9. The normalized spacial score (nSPS) is 40.3. The first-order valence-corrected chi connectivity index (χ1v) is 9.15. The Hall–Kier alpha value is -0.640. The lowest BCUT2D eigenvalue weighted by atomic mass is 9.50. The summed E-state index contributed by atoms with van der Waals surface area (Å²) in [7, 11) is 6.53. The number of likely N-dealkylation sites (tertiary alicyclic amines) is 1. The molecule has 0 aromatic heterocycles. The summed E-state index contributed by atoms with van der Waals surface area (Å²) >= 11 is 0. The summed E-state index contributed by atoms with van der Waals surface area (Å²) in [6.07, 6.45) is 14.5. The van der Waals surface area contributed by atoms with Gasteiger partial charge in [0.25, 0.3) is 0 Å². The molecule has 122 valence electrons. The van der Waals surface area contributed by atoms with Gasteiger partial charge in [0.2, 0.25) is 0 Å². The SMILES string of the molecule is CNC1(NC)C=C2C(=CC1)C[C@@H]1[C@@H]3CCCC[C@]23CCN1C. The van der Waals surface area contributed by atoms with E-state index in [0.29, 0.717) is 5.41 Å². The van der Waals surface area contributed by atoms with Crippen LogP contribution in [0, 0.1) is 11.3 Å². The van der Waals surface area contributed by atoms with Gasteiger partial charge in [-0.25, -0.2) is 0 Å². The van der Waals surface area contributed by atoms with E-state index in [1.54, 1.807) is 11.1 Å². The van der Waals surface area contributed by atoms with Gasteiger partial charge in [0.1, 0.15) is 0 Å². The number of likely N-dealkylation sites (N-methyl/N-ethyl adjacent to an activating group) is 2. The van der Waals surface area contributed by atoms with Crippen molar-refractivity contribution in [2.24, 2.45) is 11.3 Å². The lowest BCUT2D eigenvalue weighted by Crippen LogP contribution is -2.60. The number of nitrogens with zero attached hydrogens (tertiary/aromatic N) is 1. The minimum absolute atomic E-state index is 0.0359. The predicted octanol–water partition coefficient (Wildman–Crippen LogP) is 2.66. The van der Waals surface area contributed by atoms with Crippen LogP contribution in [0.15, 0.2) is 23.3 Å². The van der Waals surface area contributed by atoms with Crippen LogP contribution in [0.5, 0.6) is 0 Å². The number of piperidine rings is 1. The summed E-state index contributed by atoms with van der Waals surface area (Å²) in [5.74, 6) is 0.882. The summed E-state index contributed by atoms with van der Waals surface area (Å²) in [5.41, 5.74) is 3.80. The highest BCUT2D eigenvalue weighted by Gasteiger charge is 2.55. The van der Waals surface area contributed by atoms with Crippen LogP contribution < -0.4 is 10.6 Å². The summed E-state index contributed by atoms with van der Waals surface area (Å²) in [5, 5.41) is 7.06. The highest BCUT2D eigenvalue weighted by Crippen LogP contribution is 2.61. The lowest BCUT2D eigenvalue weighted by molar-refractivity contribution is -0.0261. The van der Waals surface area contributed by atoms with Crippen LogP contribution in [0.25, 0.3) is 0 Å². The van der Waals surface area contributed by atoms with E-state index in [-0.39, 0.29) is 5.66 Å². The van der Waals surface area contributed by atoms with Crippen LogP contribution in [0.3, 0.4) is 0 Å². The largest absolute Gasteiger partial charge is 0.303 e. The van der Waals surface area contributed by atoms with E-state index in [9.17, 15) is 0 Å². The molecule has 0 aromatic carbocycles. The van der Waals surface area contributed by atoms with E-state index >= 15 is 0 Å². The minimum Gasteiger partial charge on any atom is -0.303 e. The number of hydrogen-bond acceptors (Lipinski definition) is 3. The van der Waals surface area contributed by atoms with Crippen LogP contribution in [-0.4, -0.2) is 44.3 Å². The van der Waals surface area contributed by atoms with Gasteiger partial charge in [0.15, 0.2) is 0 Å². The van der Waals surface area contributed by atoms with Crippen molar-refractivity contribution in [1.82, 2.24) is 15.5 Å². The van der Waals surface area contributed by atoms with E-state index in [1.807, 2.05) is 0 Å². The zero-order chi connectivity index (χ0) is 15.4. The van der Waals surface area contributed by atoms with Crippen molar-refractivity contribution in [1.29, 1.82) is 0 Å². The van der Waals surface area contributed by atoms with Gasteiger partial charge in [-0.15, -0.1) is 0 Å². The van der Waals surface area contributed by atoms with Crippen molar-refractivity contribution in [2.75, 3.05) is 27.7 Å². The minimum atomic E-state index is -0.0359. The highest BCUT2D eigenvalue weighted by molar-refractivity contribution is 5.47. The Balaban J connectivity index is 1.81. The molecule has 3 fully saturated rings. The monoisotopic (exact) mass is 301 g/mol. The number of rotatable bonds is 2. The Kier molecular flexibility index (Phi) is 3.52. The third-order valence-electron chi connectivity index (χ3n) is 7.30. The molecule has 4 aliphatic rings.